The van der Waals surface area contributed by atoms with Crippen LogP contribution in [0.25, 0.3) is 0 Å². The second-order valence-electron chi connectivity index (χ2n) is 4.73. The summed E-state index contributed by atoms with van der Waals surface area (Å²) < 4.78 is 27.2. The van der Waals surface area contributed by atoms with Crippen LogP contribution >= 0.6 is 22.7 Å². The van der Waals surface area contributed by atoms with E-state index in [1.165, 1.54) is 11.3 Å². The minimum Gasteiger partial charge on any atom is -0.391 e. The monoisotopic (exact) mass is 329 g/mol. The van der Waals surface area contributed by atoms with E-state index in [1.807, 2.05) is 17.5 Å². The molecule has 0 amide bonds. The molecule has 108 valence electrons. The largest absolute Gasteiger partial charge is 0.391 e. The smallest absolute Gasteiger partial charge is 0.244 e. The van der Waals surface area contributed by atoms with Gasteiger partial charge in [0.2, 0.25) is 10.0 Å². The standard InChI is InChI=1S/C13H15NO3S3/c15-9-12-13(5-7-19-12)20(16,17)14(10-3-4-10)8-11-2-1-6-18-11/h1-2,5-7,10,15H,3-4,8-9H2. The van der Waals surface area contributed by atoms with Crippen LogP contribution < -0.4 is 0 Å². The molecule has 2 aromatic heterocycles. The molecule has 0 atom stereocenters. The molecule has 1 aliphatic carbocycles. The number of thiophene rings is 2. The van der Waals surface area contributed by atoms with Crippen LogP contribution in [0.2, 0.25) is 0 Å². The van der Waals surface area contributed by atoms with Gasteiger partial charge >= 0.3 is 0 Å². The maximum Gasteiger partial charge on any atom is 0.244 e. The van der Waals surface area contributed by atoms with Gasteiger partial charge in [0.25, 0.3) is 0 Å². The van der Waals surface area contributed by atoms with Crippen LogP contribution in [-0.2, 0) is 23.2 Å². The Morgan fingerprint density at radius 2 is 2.05 bits per heavy atom. The van der Waals surface area contributed by atoms with Gasteiger partial charge in [-0.25, -0.2) is 8.42 Å². The summed E-state index contributed by atoms with van der Waals surface area (Å²) in [5, 5.41) is 13.0. The minimum absolute atomic E-state index is 0.105. The molecule has 0 aliphatic heterocycles. The topological polar surface area (TPSA) is 57.6 Å². The number of sulfonamides is 1. The summed E-state index contributed by atoms with van der Waals surface area (Å²) in [6.45, 7) is 0.190. The molecule has 0 radical (unpaired) electrons. The first-order chi connectivity index (χ1) is 9.63. The first-order valence-electron chi connectivity index (χ1n) is 6.34. The highest BCUT2D eigenvalue weighted by Crippen LogP contribution is 2.36. The zero-order chi connectivity index (χ0) is 14.2. The molecule has 7 heteroatoms. The third-order valence-corrected chi connectivity index (χ3v) is 7.16. The Morgan fingerprint density at radius 3 is 2.65 bits per heavy atom. The van der Waals surface area contributed by atoms with E-state index in [0.717, 1.165) is 17.7 Å². The molecule has 0 aromatic carbocycles. The van der Waals surface area contributed by atoms with Gasteiger partial charge in [-0.3, -0.25) is 0 Å². The van der Waals surface area contributed by atoms with Gasteiger partial charge in [0.1, 0.15) is 0 Å². The highest BCUT2D eigenvalue weighted by atomic mass is 32.2. The maximum atomic E-state index is 12.8. The maximum absolute atomic E-state index is 12.8. The third kappa shape index (κ3) is 2.68. The second-order valence-corrected chi connectivity index (χ2v) is 8.62. The summed E-state index contributed by atoms with van der Waals surface area (Å²) in [7, 11) is -3.52. The summed E-state index contributed by atoms with van der Waals surface area (Å²) in [5.41, 5.74) is 0. The Labute approximate surface area is 126 Å². The highest BCUT2D eigenvalue weighted by molar-refractivity contribution is 7.89. The van der Waals surface area contributed by atoms with E-state index in [4.69, 9.17) is 0 Å². The lowest BCUT2D eigenvalue weighted by molar-refractivity contribution is 0.282. The molecule has 1 aliphatic rings. The molecule has 3 rings (SSSR count). The second kappa shape index (κ2) is 5.57. The van der Waals surface area contributed by atoms with E-state index in [1.54, 1.807) is 27.1 Å². The quantitative estimate of drug-likeness (QED) is 0.886. The third-order valence-electron chi connectivity index (χ3n) is 3.28. The Kier molecular flexibility index (Phi) is 3.96. The number of aliphatic hydroxyl groups excluding tert-OH is 1. The first kappa shape index (κ1) is 14.2. The van der Waals surface area contributed by atoms with Gasteiger partial charge in [-0.15, -0.1) is 22.7 Å². The van der Waals surface area contributed by atoms with Gasteiger partial charge in [0, 0.05) is 22.3 Å². The number of aliphatic hydroxyl groups is 1. The van der Waals surface area contributed by atoms with Gasteiger partial charge < -0.3 is 5.11 Å². The van der Waals surface area contributed by atoms with Crippen LogP contribution in [0.4, 0.5) is 0 Å². The molecule has 1 fully saturated rings. The molecule has 4 nitrogen and oxygen atoms in total. The number of hydrogen-bond acceptors (Lipinski definition) is 5. The Bertz CT molecular complexity index is 672. The van der Waals surface area contributed by atoms with Crippen molar-refractivity contribution in [2.24, 2.45) is 0 Å². The lowest BCUT2D eigenvalue weighted by atomic mass is 10.4. The van der Waals surface area contributed by atoms with Crippen molar-refractivity contribution in [2.45, 2.75) is 36.9 Å². The fourth-order valence-electron chi connectivity index (χ4n) is 2.13. The van der Waals surface area contributed by atoms with E-state index >= 15 is 0 Å². The van der Waals surface area contributed by atoms with Crippen LogP contribution in [-0.4, -0.2) is 23.9 Å². The molecule has 0 spiro atoms. The summed E-state index contributed by atoms with van der Waals surface area (Å²) >= 11 is 2.85. The summed E-state index contributed by atoms with van der Waals surface area (Å²) in [6, 6.07) is 5.58. The van der Waals surface area contributed by atoms with E-state index in [0.29, 0.717) is 11.4 Å². The molecule has 0 saturated heterocycles. The van der Waals surface area contributed by atoms with Gasteiger partial charge in [0.15, 0.2) is 0 Å². The summed E-state index contributed by atoms with van der Waals surface area (Å²) in [5.74, 6) is 0. The zero-order valence-corrected chi connectivity index (χ0v) is 13.2. The van der Waals surface area contributed by atoms with E-state index in [2.05, 4.69) is 0 Å². The number of rotatable bonds is 6. The lowest BCUT2D eigenvalue weighted by Gasteiger charge is -2.21. The fourth-order valence-corrected chi connectivity index (χ4v) is 5.84. The van der Waals surface area contributed by atoms with Crippen molar-refractivity contribution in [1.82, 2.24) is 4.31 Å². The summed E-state index contributed by atoms with van der Waals surface area (Å²) in [4.78, 5) is 1.82. The average Bonchev–Trinajstić information content (AvgIpc) is 2.95. The first-order valence-corrected chi connectivity index (χ1v) is 9.54. The molecule has 2 aromatic rings. The summed E-state index contributed by atoms with van der Waals surface area (Å²) in [6.07, 6.45) is 1.84. The Balaban J connectivity index is 1.94. The van der Waals surface area contributed by atoms with E-state index in [-0.39, 0.29) is 17.5 Å². The van der Waals surface area contributed by atoms with Gasteiger partial charge in [-0.05, 0) is 35.7 Å². The van der Waals surface area contributed by atoms with E-state index < -0.39 is 10.0 Å². The van der Waals surface area contributed by atoms with Crippen LogP contribution in [0.1, 0.15) is 22.6 Å². The minimum atomic E-state index is -3.52. The highest BCUT2D eigenvalue weighted by Gasteiger charge is 2.39. The van der Waals surface area contributed by atoms with Crippen molar-refractivity contribution in [3.8, 4) is 0 Å². The molecule has 20 heavy (non-hydrogen) atoms. The Hall–Kier alpha value is -0.730. The van der Waals surface area contributed by atoms with Crippen LogP contribution in [0.3, 0.4) is 0 Å². The van der Waals surface area contributed by atoms with Gasteiger partial charge in [-0.2, -0.15) is 4.31 Å². The normalized spacial score (nSPS) is 15.9. The predicted octanol–water partition coefficient (Wildman–Crippen LogP) is 2.66. The van der Waals surface area contributed by atoms with Crippen LogP contribution in [0, 0.1) is 0 Å². The predicted molar refractivity (Wildman–Crippen MR) is 80.3 cm³/mol. The van der Waals surface area contributed by atoms with Crippen molar-refractivity contribution >= 4 is 32.7 Å². The molecule has 0 unspecified atom stereocenters. The average molecular weight is 329 g/mol. The number of hydrogen-bond donors (Lipinski definition) is 1. The molecule has 0 bridgehead atoms. The molecule has 2 heterocycles. The van der Waals surface area contributed by atoms with Crippen molar-refractivity contribution < 1.29 is 13.5 Å². The SMILES string of the molecule is O=S(=O)(c1ccsc1CO)N(Cc1cccs1)C1CC1. The molecular weight excluding hydrogens is 314 g/mol. The van der Waals surface area contributed by atoms with Crippen molar-refractivity contribution in [3.05, 3.63) is 38.7 Å². The molecular formula is C13H15NO3S3. The number of nitrogens with zero attached hydrogens (tertiary/aromatic N) is 1. The zero-order valence-electron chi connectivity index (χ0n) is 10.7. The molecule has 1 N–H and O–H groups in total. The van der Waals surface area contributed by atoms with Gasteiger partial charge in [-0.1, -0.05) is 6.07 Å². The lowest BCUT2D eigenvalue weighted by Crippen LogP contribution is -2.32. The Morgan fingerprint density at radius 1 is 1.25 bits per heavy atom. The van der Waals surface area contributed by atoms with Crippen molar-refractivity contribution in [2.75, 3.05) is 0 Å². The van der Waals surface area contributed by atoms with Crippen LogP contribution in [0.5, 0.6) is 0 Å². The fraction of sp³-hybridized carbons (Fsp3) is 0.385. The van der Waals surface area contributed by atoms with Gasteiger partial charge in [0.05, 0.1) is 11.5 Å². The van der Waals surface area contributed by atoms with Crippen molar-refractivity contribution in [1.29, 1.82) is 0 Å². The molecule has 1 saturated carbocycles. The van der Waals surface area contributed by atoms with E-state index in [9.17, 15) is 13.5 Å². The van der Waals surface area contributed by atoms with Crippen molar-refractivity contribution in [3.63, 3.8) is 0 Å². The van der Waals surface area contributed by atoms with Crippen LogP contribution in [0.15, 0.2) is 33.9 Å².